The number of allylic oxidation sites excluding steroid dienone is 2. The van der Waals surface area contributed by atoms with Crippen LogP contribution in [0.5, 0.6) is 5.75 Å². The molecule has 136 valence electrons. The smallest absolute Gasteiger partial charge is 0.303 e. The molecule has 1 N–H and O–H groups in total. The van der Waals surface area contributed by atoms with E-state index in [1.807, 2.05) is 0 Å². The molecule has 1 saturated carbocycles. The number of aliphatic carboxylic acids is 1. The molecule has 25 heavy (non-hydrogen) atoms. The normalized spacial score (nSPS) is 20.3. The molecule has 3 nitrogen and oxygen atoms in total. The third-order valence-corrected chi connectivity index (χ3v) is 5.32. The minimum absolute atomic E-state index is 0.219. The minimum Gasteiger partial charge on any atom is -0.493 e. The summed E-state index contributed by atoms with van der Waals surface area (Å²) in [6, 6.07) is 5.18. The molecule has 0 heterocycles. The molecule has 6 heteroatoms. The summed E-state index contributed by atoms with van der Waals surface area (Å²) < 4.78 is 5.88. The van der Waals surface area contributed by atoms with Gasteiger partial charge in [0.2, 0.25) is 0 Å². The van der Waals surface area contributed by atoms with Crippen LogP contribution in [0.25, 0.3) is 0 Å². The summed E-state index contributed by atoms with van der Waals surface area (Å²) in [5, 5.41) is 9.73. The van der Waals surface area contributed by atoms with E-state index in [0.717, 1.165) is 30.5 Å². The molecule has 0 bridgehead atoms. The Kier molecular flexibility index (Phi) is 8.20. The van der Waals surface area contributed by atoms with E-state index in [-0.39, 0.29) is 12.3 Å². The van der Waals surface area contributed by atoms with E-state index in [1.165, 1.54) is 0 Å². The maximum Gasteiger partial charge on any atom is 0.303 e. The second-order valence-corrected chi connectivity index (χ2v) is 7.68. The lowest BCUT2D eigenvalue weighted by Gasteiger charge is -2.19. The van der Waals surface area contributed by atoms with Crippen molar-refractivity contribution in [3.05, 3.63) is 40.4 Å². The zero-order chi connectivity index (χ0) is 18.2. The third kappa shape index (κ3) is 6.96. The average molecular weight is 401 g/mol. The summed E-state index contributed by atoms with van der Waals surface area (Å²) in [7, 11) is 0. The van der Waals surface area contributed by atoms with Crippen LogP contribution in [0.15, 0.2) is 30.4 Å². The first-order valence-electron chi connectivity index (χ1n) is 8.44. The monoisotopic (exact) mass is 400 g/mol. The van der Waals surface area contributed by atoms with Crippen LogP contribution < -0.4 is 4.74 Å². The van der Waals surface area contributed by atoms with Crippen molar-refractivity contribution < 1.29 is 14.6 Å². The van der Waals surface area contributed by atoms with Gasteiger partial charge in [-0.05, 0) is 61.1 Å². The Balaban J connectivity index is 1.82. The van der Waals surface area contributed by atoms with Gasteiger partial charge in [0, 0.05) is 22.4 Å². The summed E-state index contributed by atoms with van der Waals surface area (Å²) in [5.41, 5.74) is 0. The molecule has 2 atom stereocenters. The summed E-state index contributed by atoms with van der Waals surface area (Å²) in [6.45, 7) is 0.535. The van der Waals surface area contributed by atoms with Crippen molar-refractivity contribution in [2.24, 2.45) is 11.8 Å². The largest absolute Gasteiger partial charge is 0.493 e. The maximum absolute atomic E-state index is 10.5. The fraction of sp³-hybridized carbons (Fsp3) is 0.474. The molecule has 1 aliphatic rings. The fourth-order valence-corrected chi connectivity index (χ4v) is 3.93. The molecule has 0 spiro atoms. The summed E-state index contributed by atoms with van der Waals surface area (Å²) in [6.07, 6.45) is 8.87. The number of carbonyl (C=O) groups is 1. The summed E-state index contributed by atoms with van der Waals surface area (Å²) in [5.74, 6) is 0.636. The highest BCUT2D eigenvalue weighted by atomic mass is 35.5. The van der Waals surface area contributed by atoms with Crippen molar-refractivity contribution in [2.45, 2.75) is 38.5 Å². The van der Waals surface area contributed by atoms with Gasteiger partial charge in [0.25, 0.3) is 0 Å². The lowest BCUT2D eigenvalue weighted by molar-refractivity contribution is -0.137. The lowest BCUT2D eigenvalue weighted by Crippen LogP contribution is -2.21. The number of carboxylic acids is 1. The molecule has 0 amide bonds. The Labute approximate surface area is 164 Å². The highest BCUT2D eigenvalue weighted by Crippen LogP contribution is 2.34. The molecular weight excluding hydrogens is 379 g/mol. The molecule has 0 aromatic heterocycles. The predicted molar refractivity (Wildman–Crippen MR) is 106 cm³/mol. The van der Waals surface area contributed by atoms with Crippen molar-refractivity contribution in [1.82, 2.24) is 0 Å². The zero-order valence-corrected chi connectivity index (χ0v) is 16.2. The Morgan fingerprint density at radius 2 is 2.00 bits per heavy atom. The number of benzene rings is 1. The number of thiocarbonyl (C=S) groups is 1. The molecule has 1 aromatic rings. The molecule has 0 unspecified atom stereocenters. The van der Waals surface area contributed by atoms with Crippen LogP contribution in [0.2, 0.25) is 10.0 Å². The van der Waals surface area contributed by atoms with Crippen molar-refractivity contribution in [3.8, 4) is 5.75 Å². The summed E-state index contributed by atoms with van der Waals surface area (Å²) >= 11 is 17.5. The highest BCUT2D eigenvalue weighted by Gasteiger charge is 2.31. The van der Waals surface area contributed by atoms with Gasteiger partial charge < -0.3 is 9.84 Å². The molecule has 0 saturated heterocycles. The van der Waals surface area contributed by atoms with Crippen LogP contribution in [0.1, 0.15) is 38.5 Å². The maximum atomic E-state index is 10.5. The SMILES string of the molecule is O=C(O)CCC/C=C\C[C@H]1CCC(=S)[C@@H]1COc1cc(Cl)cc(Cl)c1. The van der Waals surface area contributed by atoms with Gasteiger partial charge in [0.05, 0.1) is 6.61 Å². The van der Waals surface area contributed by atoms with Crippen LogP contribution in [0.3, 0.4) is 0 Å². The first-order valence-corrected chi connectivity index (χ1v) is 9.60. The standard InChI is InChI=1S/C19H22Cl2O3S/c20-14-9-15(21)11-16(10-14)24-12-17-13(7-8-18(17)25)5-3-1-2-4-6-19(22)23/h1,3,9-11,13,17H,2,4-8,12H2,(H,22,23)/b3-1-/t13-,17+/m0/s1. The average Bonchev–Trinajstić information content (AvgIpc) is 2.87. The molecular formula is C19H22Cl2O3S. The predicted octanol–water partition coefficient (Wildman–Crippen LogP) is 5.97. The number of carboxylic acid groups (broad SMARTS) is 1. The number of rotatable bonds is 9. The summed E-state index contributed by atoms with van der Waals surface area (Å²) in [4.78, 5) is 11.5. The van der Waals surface area contributed by atoms with Crippen LogP contribution >= 0.6 is 35.4 Å². The van der Waals surface area contributed by atoms with E-state index >= 15 is 0 Å². The van der Waals surface area contributed by atoms with Gasteiger partial charge in [-0.15, -0.1) is 0 Å². The van der Waals surface area contributed by atoms with E-state index in [2.05, 4.69) is 12.2 Å². The second-order valence-electron chi connectivity index (χ2n) is 6.28. The van der Waals surface area contributed by atoms with E-state index in [0.29, 0.717) is 34.7 Å². The van der Waals surface area contributed by atoms with Gasteiger partial charge in [-0.25, -0.2) is 0 Å². The van der Waals surface area contributed by atoms with Gasteiger partial charge in [-0.1, -0.05) is 47.6 Å². The highest BCUT2D eigenvalue weighted by molar-refractivity contribution is 7.80. The molecule has 0 radical (unpaired) electrons. The topological polar surface area (TPSA) is 46.5 Å². The Hall–Kier alpha value is -1.10. The number of halogens is 2. The van der Waals surface area contributed by atoms with Crippen LogP contribution in [0, 0.1) is 11.8 Å². The van der Waals surface area contributed by atoms with Crippen molar-refractivity contribution in [3.63, 3.8) is 0 Å². The van der Waals surface area contributed by atoms with E-state index in [1.54, 1.807) is 18.2 Å². The number of unbranched alkanes of at least 4 members (excludes halogenated alkanes) is 1. The molecule has 1 fully saturated rings. The second kappa shape index (κ2) is 10.1. The Bertz CT molecular complexity index is 625. The van der Waals surface area contributed by atoms with Gasteiger partial charge >= 0.3 is 5.97 Å². The van der Waals surface area contributed by atoms with Crippen molar-refractivity contribution in [1.29, 1.82) is 0 Å². The first kappa shape index (κ1) is 20.2. The van der Waals surface area contributed by atoms with Crippen LogP contribution in [-0.4, -0.2) is 22.5 Å². The van der Waals surface area contributed by atoms with Crippen LogP contribution in [0.4, 0.5) is 0 Å². The third-order valence-electron chi connectivity index (χ3n) is 4.38. The molecule has 2 rings (SSSR count). The zero-order valence-electron chi connectivity index (χ0n) is 13.9. The quantitative estimate of drug-likeness (QED) is 0.315. The van der Waals surface area contributed by atoms with Crippen molar-refractivity contribution >= 4 is 46.3 Å². The number of hydrogen-bond acceptors (Lipinski definition) is 3. The first-order chi connectivity index (χ1) is 12.0. The van der Waals surface area contributed by atoms with E-state index in [4.69, 9.17) is 45.3 Å². The molecule has 0 aliphatic heterocycles. The molecule has 1 aliphatic carbocycles. The number of ether oxygens (including phenoxy) is 1. The van der Waals surface area contributed by atoms with Gasteiger partial charge in [-0.2, -0.15) is 0 Å². The van der Waals surface area contributed by atoms with E-state index in [9.17, 15) is 4.79 Å². The lowest BCUT2D eigenvalue weighted by atomic mass is 9.93. The Morgan fingerprint density at radius 1 is 1.28 bits per heavy atom. The number of hydrogen-bond donors (Lipinski definition) is 1. The van der Waals surface area contributed by atoms with Crippen LogP contribution in [-0.2, 0) is 4.79 Å². The fourth-order valence-electron chi connectivity index (χ4n) is 3.05. The van der Waals surface area contributed by atoms with Crippen molar-refractivity contribution in [2.75, 3.05) is 6.61 Å². The van der Waals surface area contributed by atoms with Gasteiger partial charge in [0.15, 0.2) is 0 Å². The van der Waals surface area contributed by atoms with E-state index < -0.39 is 5.97 Å². The van der Waals surface area contributed by atoms with Gasteiger partial charge in [0.1, 0.15) is 5.75 Å². The van der Waals surface area contributed by atoms with Gasteiger partial charge in [-0.3, -0.25) is 4.79 Å². The minimum atomic E-state index is -0.743. The Morgan fingerprint density at radius 3 is 2.68 bits per heavy atom. The molecule has 1 aromatic carbocycles.